The smallest absolute Gasteiger partial charge is 0.326 e. The van der Waals surface area contributed by atoms with Gasteiger partial charge in [0.2, 0.25) is 5.91 Å². The normalized spacial score (nSPS) is 36.9. The maximum Gasteiger partial charge on any atom is 0.326 e. The van der Waals surface area contributed by atoms with Crippen molar-refractivity contribution in [1.82, 2.24) is 5.32 Å². The third-order valence-corrected chi connectivity index (χ3v) is 9.95. The SMILES string of the molecule is CC(C)[C@H](NC(=O)CCC(=O)O[C@@H]1CC[C@H]2[C@@H]3CCC4=CC(=O)CC[C@]4(C)[C@H]3CC[C@]12C)C(=O)O. The average molecular weight is 488 g/mol. The molecule has 0 saturated heterocycles. The predicted molar refractivity (Wildman–Crippen MR) is 130 cm³/mol. The fraction of sp³-hybridized carbons (Fsp3) is 0.786. The van der Waals surface area contributed by atoms with E-state index < -0.39 is 17.9 Å². The molecule has 0 aromatic carbocycles. The fourth-order valence-electron chi connectivity index (χ4n) is 7.90. The Bertz CT molecular complexity index is 924. The maximum absolute atomic E-state index is 12.7. The highest BCUT2D eigenvalue weighted by molar-refractivity contribution is 5.91. The first-order valence-electron chi connectivity index (χ1n) is 13.4. The van der Waals surface area contributed by atoms with Gasteiger partial charge in [-0.15, -0.1) is 0 Å². The standard InChI is InChI=1S/C28H41NO6/c1-16(2)25(26(33)34)29-23(31)9-10-24(32)35-22-8-7-20-19-6-5-17-15-18(30)11-13-27(17,3)21(19)12-14-28(20,22)4/h15-16,19-22,25H,5-14H2,1-4H3,(H,29,31)(H,33,34)/t19-,20-,21-,22+,25-,27-,28-/m0/s1. The van der Waals surface area contributed by atoms with Crippen molar-refractivity contribution in [2.75, 3.05) is 0 Å². The number of amides is 1. The van der Waals surface area contributed by atoms with Gasteiger partial charge in [-0.2, -0.15) is 0 Å². The number of carboxylic acids is 1. The van der Waals surface area contributed by atoms with Gasteiger partial charge >= 0.3 is 11.9 Å². The molecular weight excluding hydrogens is 446 g/mol. The van der Waals surface area contributed by atoms with Gasteiger partial charge in [0.1, 0.15) is 12.1 Å². The molecule has 0 aromatic rings. The van der Waals surface area contributed by atoms with Gasteiger partial charge in [-0.1, -0.05) is 33.3 Å². The zero-order valence-corrected chi connectivity index (χ0v) is 21.6. The van der Waals surface area contributed by atoms with Gasteiger partial charge < -0.3 is 15.2 Å². The number of carbonyl (C=O) groups excluding carboxylic acids is 3. The number of ether oxygens (including phenoxy) is 1. The Kier molecular flexibility index (Phi) is 7.18. The molecule has 7 atom stereocenters. The van der Waals surface area contributed by atoms with Crippen molar-refractivity contribution in [3.8, 4) is 0 Å². The zero-order valence-electron chi connectivity index (χ0n) is 21.6. The van der Waals surface area contributed by atoms with Gasteiger partial charge in [0.15, 0.2) is 5.78 Å². The van der Waals surface area contributed by atoms with Crippen molar-refractivity contribution in [2.45, 2.75) is 104 Å². The van der Waals surface area contributed by atoms with E-state index in [0.717, 1.165) is 44.9 Å². The summed E-state index contributed by atoms with van der Waals surface area (Å²) in [5, 5.41) is 11.8. The molecule has 2 N–H and O–H groups in total. The van der Waals surface area contributed by atoms with Crippen LogP contribution in [0.1, 0.15) is 91.9 Å². The van der Waals surface area contributed by atoms with E-state index in [4.69, 9.17) is 4.74 Å². The summed E-state index contributed by atoms with van der Waals surface area (Å²) in [5.74, 6) is -0.146. The van der Waals surface area contributed by atoms with Crippen LogP contribution in [0, 0.1) is 34.5 Å². The highest BCUT2D eigenvalue weighted by atomic mass is 16.5. The lowest BCUT2D eigenvalue weighted by Crippen LogP contribution is -2.51. The lowest BCUT2D eigenvalue weighted by Gasteiger charge is -2.57. The topological polar surface area (TPSA) is 110 Å². The van der Waals surface area contributed by atoms with Crippen molar-refractivity contribution < 1.29 is 29.0 Å². The number of nitrogens with one attached hydrogen (secondary N) is 1. The molecule has 0 unspecified atom stereocenters. The third-order valence-electron chi connectivity index (χ3n) is 9.95. The van der Waals surface area contributed by atoms with Gasteiger partial charge in [-0.3, -0.25) is 14.4 Å². The molecule has 0 spiro atoms. The minimum absolute atomic E-state index is 0.0418. The number of ketones is 1. The summed E-state index contributed by atoms with van der Waals surface area (Å²) < 4.78 is 5.97. The van der Waals surface area contributed by atoms with Crippen LogP contribution in [0.25, 0.3) is 0 Å². The number of rotatable bonds is 7. The van der Waals surface area contributed by atoms with Gasteiger partial charge in [0, 0.05) is 18.3 Å². The molecule has 0 aliphatic heterocycles. The minimum atomic E-state index is -1.07. The highest BCUT2D eigenvalue weighted by Crippen LogP contribution is 2.65. The predicted octanol–water partition coefficient (Wildman–Crippen LogP) is 4.44. The lowest BCUT2D eigenvalue weighted by molar-refractivity contribution is -0.160. The van der Waals surface area contributed by atoms with Crippen LogP contribution in [-0.4, -0.2) is 40.9 Å². The number of hydrogen-bond acceptors (Lipinski definition) is 5. The monoisotopic (exact) mass is 487 g/mol. The van der Waals surface area contributed by atoms with Crippen LogP contribution in [0.4, 0.5) is 0 Å². The lowest BCUT2D eigenvalue weighted by atomic mass is 9.47. The molecule has 7 nitrogen and oxygen atoms in total. The fourth-order valence-corrected chi connectivity index (χ4v) is 7.90. The number of esters is 1. The first kappa shape index (κ1) is 25.9. The number of carboxylic acid groups (broad SMARTS) is 1. The van der Waals surface area contributed by atoms with Crippen LogP contribution in [0.2, 0.25) is 0 Å². The Morgan fingerprint density at radius 1 is 1.06 bits per heavy atom. The molecule has 194 valence electrons. The van der Waals surface area contributed by atoms with Crippen molar-refractivity contribution in [1.29, 1.82) is 0 Å². The van der Waals surface area contributed by atoms with Gasteiger partial charge in [0.25, 0.3) is 0 Å². The summed E-state index contributed by atoms with van der Waals surface area (Å²) in [4.78, 5) is 48.2. The van der Waals surface area contributed by atoms with Crippen molar-refractivity contribution in [3.05, 3.63) is 11.6 Å². The van der Waals surface area contributed by atoms with E-state index in [1.165, 1.54) is 5.57 Å². The van der Waals surface area contributed by atoms with Crippen LogP contribution in [-0.2, 0) is 23.9 Å². The molecule has 7 heteroatoms. The number of fused-ring (bicyclic) bond motifs is 5. The number of hydrogen-bond donors (Lipinski definition) is 2. The zero-order chi connectivity index (χ0) is 25.5. The molecule has 4 rings (SSSR count). The quantitative estimate of drug-likeness (QED) is 0.514. The summed E-state index contributed by atoms with van der Waals surface area (Å²) in [5.41, 5.74) is 1.44. The van der Waals surface area contributed by atoms with E-state index in [0.29, 0.717) is 24.2 Å². The average Bonchev–Trinajstić information content (AvgIpc) is 3.12. The molecule has 4 aliphatic rings. The molecule has 1 amide bonds. The Labute approximate surface area is 208 Å². The molecule has 3 fully saturated rings. The molecule has 3 saturated carbocycles. The Balaban J connectivity index is 1.35. The number of allylic oxidation sites excluding steroid dienone is 1. The van der Waals surface area contributed by atoms with E-state index in [1.54, 1.807) is 13.8 Å². The Hall–Kier alpha value is -2.18. The second-order valence-electron chi connectivity index (χ2n) is 12.2. The molecule has 0 radical (unpaired) electrons. The van der Waals surface area contributed by atoms with Gasteiger partial charge in [-0.25, -0.2) is 4.79 Å². The van der Waals surface area contributed by atoms with Gasteiger partial charge in [-0.05, 0) is 80.1 Å². The number of carbonyl (C=O) groups is 4. The van der Waals surface area contributed by atoms with Crippen LogP contribution in [0.15, 0.2) is 11.6 Å². The molecule has 0 heterocycles. The van der Waals surface area contributed by atoms with E-state index in [-0.39, 0.29) is 47.4 Å². The second kappa shape index (κ2) is 9.70. The summed E-state index contributed by atoms with van der Waals surface area (Å²) in [6.45, 7) is 8.12. The highest BCUT2D eigenvalue weighted by Gasteiger charge is 2.59. The van der Waals surface area contributed by atoms with Crippen molar-refractivity contribution in [3.63, 3.8) is 0 Å². The van der Waals surface area contributed by atoms with Crippen LogP contribution >= 0.6 is 0 Å². The van der Waals surface area contributed by atoms with Gasteiger partial charge in [0.05, 0.1) is 6.42 Å². The number of aliphatic carboxylic acids is 1. The molecular formula is C28H41NO6. The summed E-state index contributed by atoms with van der Waals surface area (Å²) in [7, 11) is 0. The third kappa shape index (κ3) is 4.79. The van der Waals surface area contributed by atoms with Crippen LogP contribution in [0.3, 0.4) is 0 Å². The van der Waals surface area contributed by atoms with Crippen molar-refractivity contribution >= 4 is 23.6 Å². The molecule has 0 bridgehead atoms. The first-order chi connectivity index (χ1) is 16.5. The Morgan fingerprint density at radius 2 is 1.80 bits per heavy atom. The summed E-state index contributed by atoms with van der Waals surface area (Å²) >= 11 is 0. The molecule has 35 heavy (non-hydrogen) atoms. The van der Waals surface area contributed by atoms with E-state index in [9.17, 15) is 24.3 Å². The van der Waals surface area contributed by atoms with E-state index in [2.05, 4.69) is 19.2 Å². The second-order valence-corrected chi connectivity index (χ2v) is 12.2. The molecule has 4 aliphatic carbocycles. The minimum Gasteiger partial charge on any atom is -0.480 e. The Morgan fingerprint density at radius 3 is 2.49 bits per heavy atom. The van der Waals surface area contributed by atoms with E-state index in [1.807, 2.05) is 6.08 Å². The summed E-state index contributed by atoms with van der Waals surface area (Å²) in [6, 6.07) is -0.960. The largest absolute Gasteiger partial charge is 0.480 e. The van der Waals surface area contributed by atoms with Crippen LogP contribution in [0.5, 0.6) is 0 Å². The van der Waals surface area contributed by atoms with Crippen molar-refractivity contribution in [2.24, 2.45) is 34.5 Å². The maximum atomic E-state index is 12.7. The van der Waals surface area contributed by atoms with E-state index >= 15 is 0 Å². The molecule has 0 aromatic heterocycles. The first-order valence-corrected chi connectivity index (χ1v) is 13.4. The van der Waals surface area contributed by atoms with Crippen LogP contribution < -0.4 is 5.32 Å². The summed E-state index contributed by atoms with van der Waals surface area (Å²) in [6.07, 6.45) is 9.44.